The highest BCUT2D eigenvalue weighted by Gasteiger charge is 2.46. The SMILES string of the molecule is CC(C)C1(C)S/C(=N/[C@H]2C[C@@H]3CC[C@H]2C3)NC1=O. The fraction of sp³-hybridized carbons (Fsp3) is 0.857. The summed E-state index contributed by atoms with van der Waals surface area (Å²) in [6.07, 6.45) is 5.34. The summed E-state index contributed by atoms with van der Waals surface area (Å²) in [6.45, 7) is 6.24. The van der Waals surface area contributed by atoms with Crippen molar-refractivity contribution in [1.82, 2.24) is 5.32 Å². The number of nitrogens with zero attached hydrogens (tertiary/aromatic N) is 1. The molecule has 0 aromatic carbocycles. The van der Waals surface area contributed by atoms with E-state index in [2.05, 4.69) is 19.2 Å². The molecule has 3 aliphatic rings. The minimum Gasteiger partial charge on any atom is -0.304 e. The Kier molecular flexibility index (Phi) is 2.96. The summed E-state index contributed by atoms with van der Waals surface area (Å²) in [7, 11) is 0. The summed E-state index contributed by atoms with van der Waals surface area (Å²) in [5.74, 6) is 2.15. The lowest BCUT2D eigenvalue weighted by atomic mass is 9.96. The van der Waals surface area contributed by atoms with Crippen LogP contribution in [0.3, 0.4) is 0 Å². The number of amides is 1. The second-order valence-corrected chi connectivity index (χ2v) is 7.93. The van der Waals surface area contributed by atoms with Gasteiger partial charge in [-0.25, -0.2) is 0 Å². The first-order chi connectivity index (χ1) is 8.49. The summed E-state index contributed by atoms with van der Waals surface area (Å²) in [4.78, 5) is 16.9. The van der Waals surface area contributed by atoms with Gasteiger partial charge in [-0.1, -0.05) is 32.0 Å². The largest absolute Gasteiger partial charge is 0.304 e. The van der Waals surface area contributed by atoms with Crippen molar-refractivity contribution in [3.05, 3.63) is 0 Å². The van der Waals surface area contributed by atoms with Gasteiger partial charge >= 0.3 is 0 Å². The molecule has 4 heteroatoms. The maximum atomic E-state index is 12.1. The number of aliphatic imine (C=N–C) groups is 1. The number of hydrogen-bond acceptors (Lipinski definition) is 3. The van der Waals surface area contributed by atoms with E-state index in [-0.39, 0.29) is 10.7 Å². The van der Waals surface area contributed by atoms with Crippen LogP contribution in [0.4, 0.5) is 0 Å². The normalized spacial score (nSPS) is 45.2. The summed E-state index contributed by atoms with van der Waals surface area (Å²) < 4.78 is -0.337. The maximum Gasteiger partial charge on any atom is 0.242 e. The summed E-state index contributed by atoms with van der Waals surface area (Å²) >= 11 is 1.63. The topological polar surface area (TPSA) is 41.5 Å². The molecule has 0 aromatic rings. The van der Waals surface area contributed by atoms with Crippen LogP contribution in [0.5, 0.6) is 0 Å². The molecule has 2 aliphatic carbocycles. The van der Waals surface area contributed by atoms with Gasteiger partial charge in [-0.15, -0.1) is 0 Å². The molecule has 1 N–H and O–H groups in total. The van der Waals surface area contributed by atoms with Crippen molar-refractivity contribution >= 4 is 22.8 Å². The molecule has 3 nitrogen and oxygen atoms in total. The molecular formula is C14H22N2OS. The Labute approximate surface area is 113 Å². The highest BCUT2D eigenvalue weighted by molar-refractivity contribution is 8.16. The van der Waals surface area contributed by atoms with Crippen LogP contribution in [-0.2, 0) is 4.79 Å². The van der Waals surface area contributed by atoms with Crippen LogP contribution >= 0.6 is 11.8 Å². The van der Waals surface area contributed by atoms with E-state index in [0.29, 0.717) is 12.0 Å². The summed E-state index contributed by atoms with van der Waals surface area (Å²) in [5.41, 5.74) is 0. The van der Waals surface area contributed by atoms with E-state index in [4.69, 9.17) is 4.99 Å². The van der Waals surface area contributed by atoms with E-state index in [1.807, 2.05) is 6.92 Å². The zero-order valence-corrected chi connectivity index (χ0v) is 12.2. The van der Waals surface area contributed by atoms with E-state index in [1.54, 1.807) is 11.8 Å². The van der Waals surface area contributed by atoms with Crippen molar-refractivity contribution in [3.63, 3.8) is 0 Å². The van der Waals surface area contributed by atoms with Gasteiger partial charge in [0, 0.05) is 0 Å². The van der Waals surface area contributed by atoms with Gasteiger partial charge in [-0.05, 0) is 43.9 Å². The molecule has 0 aromatic heterocycles. The first-order valence-corrected chi connectivity index (χ1v) is 7.89. The monoisotopic (exact) mass is 266 g/mol. The lowest BCUT2D eigenvalue weighted by Crippen LogP contribution is -2.38. The molecule has 1 amide bonds. The highest BCUT2D eigenvalue weighted by Crippen LogP contribution is 2.47. The maximum absolute atomic E-state index is 12.1. The number of carbonyl (C=O) groups is 1. The van der Waals surface area contributed by atoms with Crippen molar-refractivity contribution in [1.29, 1.82) is 0 Å². The average molecular weight is 266 g/mol. The second-order valence-electron chi connectivity index (χ2n) is 6.49. The van der Waals surface area contributed by atoms with Gasteiger partial charge in [0.2, 0.25) is 5.91 Å². The minimum absolute atomic E-state index is 0.129. The van der Waals surface area contributed by atoms with E-state index in [9.17, 15) is 4.79 Å². The zero-order valence-electron chi connectivity index (χ0n) is 11.4. The van der Waals surface area contributed by atoms with Crippen LogP contribution in [-0.4, -0.2) is 21.9 Å². The molecule has 0 radical (unpaired) electrons. The summed E-state index contributed by atoms with van der Waals surface area (Å²) in [5, 5.41) is 3.86. The number of fused-ring (bicyclic) bond motifs is 2. The van der Waals surface area contributed by atoms with Crippen molar-refractivity contribution in [2.75, 3.05) is 0 Å². The third kappa shape index (κ3) is 1.89. The van der Waals surface area contributed by atoms with Gasteiger partial charge < -0.3 is 5.32 Å². The molecule has 3 fully saturated rings. The molecule has 0 spiro atoms. The first kappa shape index (κ1) is 12.5. The van der Waals surface area contributed by atoms with Gasteiger partial charge in [0.1, 0.15) is 4.75 Å². The molecule has 2 bridgehead atoms. The molecule has 100 valence electrons. The summed E-state index contributed by atoms with van der Waals surface area (Å²) in [6, 6.07) is 0.473. The Morgan fingerprint density at radius 3 is 2.67 bits per heavy atom. The second kappa shape index (κ2) is 4.26. The van der Waals surface area contributed by atoms with Gasteiger partial charge in [0.05, 0.1) is 6.04 Å². The van der Waals surface area contributed by atoms with Crippen molar-refractivity contribution in [3.8, 4) is 0 Å². The smallest absolute Gasteiger partial charge is 0.242 e. The molecule has 1 saturated heterocycles. The highest BCUT2D eigenvalue weighted by atomic mass is 32.2. The van der Waals surface area contributed by atoms with Crippen LogP contribution in [0, 0.1) is 17.8 Å². The van der Waals surface area contributed by atoms with E-state index in [0.717, 1.165) is 17.0 Å². The molecule has 1 heterocycles. The van der Waals surface area contributed by atoms with E-state index < -0.39 is 0 Å². The number of nitrogens with one attached hydrogen (secondary N) is 1. The van der Waals surface area contributed by atoms with Crippen LogP contribution in [0.2, 0.25) is 0 Å². The predicted molar refractivity (Wildman–Crippen MR) is 75.6 cm³/mol. The molecule has 3 rings (SSSR count). The Hall–Kier alpha value is -0.510. The van der Waals surface area contributed by atoms with Gasteiger partial charge in [-0.2, -0.15) is 0 Å². The predicted octanol–water partition coefficient (Wildman–Crippen LogP) is 2.81. The molecular weight excluding hydrogens is 244 g/mol. The van der Waals surface area contributed by atoms with Gasteiger partial charge in [0.25, 0.3) is 0 Å². The standard InChI is InChI=1S/C14H22N2OS/c1-8(2)14(3)12(17)16-13(18-14)15-11-7-9-4-5-10(11)6-9/h8-11H,4-7H2,1-3H3,(H,15,16,17)/t9-,10+,11+,14?/m1/s1. The zero-order chi connectivity index (χ0) is 12.9. The van der Waals surface area contributed by atoms with Crippen molar-refractivity contribution < 1.29 is 4.79 Å². The minimum atomic E-state index is -0.337. The fourth-order valence-corrected chi connectivity index (χ4v) is 4.57. The van der Waals surface area contributed by atoms with Gasteiger partial charge in [0.15, 0.2) is 5.17 Å². The number of rotatable bonds is 2. The molecule has 1 unspecified atom stereocenters. The fourth-order valence-electron chi connectivity index (χ4n) is 3.45. The number of carbonyl (C=O) groups excluding carboxylic acids is 1. The van der Waals surface area contributed by atoms with Crippen molar-refractivity contribution in [2.45, 2.75) is 57.2 Å². The number of hydrogen-bond donors (Lipinski definition) is 1. The third-order valence-electron chi connectivity index (χ3n) is 5.07. The van der Waals surface area contributed by atoms with E-state index >= 15 is 0 Å². The van der Waals surface area contributed by atoms with Crippen LogP contribution < -0.4 is 5.32 Å². The molecule has 4 atom stereocenters. The molecule has 18 heavy (non-hydrogen) atoms. The average Bonchev–Trinajstić information content (AvgIpc) is 2.95. The quantitative estimate of drug-likeness (QED) is 0.835. The lowest BCUT2D eigenvalue weighted by Gasteiger charge is -2.23. The van der Waals surface area contributed by atoms with Crippen molar-refractivity contribution in [2.24, 2.45) is 22.7 Å². The van der Waals surface area contributed by atoms with Crippen LogP contribution in [0.1, 0.15) is 46.5 Å². The Bertz CT molecular complexity index is 407. The Morgan fingerprint density at radius 2 is 2.17 bits per heavy atom. The first-order valence-electron chi connectivity index (χ1n) is 7.07. The van der Waals surface area contributed by atoms with Gasteiger partial charge in [-0.3, -0.25) is 9.79 Å². The number of thioether (sulfide) groups is 1. The lowest BCUT2D eigenvalue weighted by molar-refractivity contribution is -0.122. The van der Waals surface area contributed by atoms with E-state index in [1.165, 1.54) is 25.7 Å². The van der Waals surface area contributed by atoms with Crippen LogP contribution in [0.25, 0.3) is 0 Å². The molecule has 2 saturated carbocycles. The molecule has 1 aliphatic heterocycles. The van der Waals surface area contributed by atoms with Crippen LogP contribution in [0.15, 0.2) is 4.99 Å². The Balaban J connectivity index is 1.74. The third-order valence-corrected chi connectivity index (χ3v) is 6.55. The number of amidine groups is 1. The Morgan fingerprint density at radius 1 is 1.39 bits per heavy atom.